The number of aryl methyl sites for hydroxylation is 1. The number of hydrogen-bond donors (Lipinski definition) is 3. The number of halogens is 3. The van der Waals surface area contributed by atoms with Crippen molar-refractivity contribution in [2.75, 3.05) is 13.1 Å². The molecule has 1 fully saturated rings. The lowest BCUT2D eigenvalue weighted by atomic mass is 9.95. The van der Waals surface area contributed by atoms with Crippen LogP contribution < -0.4 is 5.73 Å². The number of nitrogens with two attached hydrogens (primary N) is 1. The van der Waals surface area contributed by atoms with Crippen molar-refractivity contribution in [2.45, 2.75) is 90.1 Å². The third kappa shape index (κ3) is 11.5. The van der Waals surface area contributed by atoms with Gasteiger partial charge in [0.2, 0.25) is 11.7 Å². The van der Waals surface area contributed by atoms with Gasteiger partial charge in [0, 0.05) is 25.1 Å². The molecule has 212 valence electrons. The molecular weight excluding hydrogens is 499 g/mol. The number of carboxylic acid groups (broad SMARTS) is 1. The van der Waals surface area contributed by atoms with Gasteiger partial charge in [-0.15, -0.1) is 0 Å². The monoisotopic (exact) mass is 539 g/mol. The standard InChI is InChI=1S/C25H39N5O.C2HF3O2/c1-2-3-4-5-6-7-8-9-11-20-13-15-22(16-14-20)24-28-23(31-29-24)18-21-12-10-17-30(19-21)25(26)27;3-2(4,5)1(6)7/h13-16,21H,2-12,17-19H2,1H3,(H3,26,27);(H,6,7)/t21-;/m0./s1. The lowest BCUT2D eigenvalue weighted by molar-refractivity contribution is -0.192. The molecule has 38 heavy (non-hydrogen) atoms. The Morgan fingerprint density at radius 1 is 1.13 bits per heavy atom. The molecule has 1 aliphatic heterocycles. The quantitative estimate of drug-likeness (QED) is 0.166. The number of hydrogen-bond acceptors (Lipinski definition) is 5. The number of aliphatic carboxylic acids is 1. The first-order chi connectivity index (χ1) is 18.1. The zero-order valence-corrected chi connectivity index (χ0v) is 22.1. The highest BCUT2D eigenvalue weighted by molar-refractivity contribution is 5.74. The van der Waals surface area contributed by atoms with Crippen LogP contribution in [0.15, 0.2) is 28.8 Å². The summed E-state index contributed by atoms with van der Waals surface area (Å²) in [5, 5.41) is 18.9. The number of unbranched alkanes of at least 4 members (excludes halogenated alkanes) is 7. The van der Waals surface area contributed by atoms with Gasteiger partial charge >= 0.3 is 12.1 Å². The summed E-state index contributed by atoms with van der Waals surface area (Å²) >= 11 is 0. The molecule has 0 bridgehead atoms. The molecule has 1 aromatic heterocycles. The van der Waals surface area contributed by atoms with Crippen LogP contribution in [0.25, 0.3) is 11.4 Å². The van der Waals surface area contributed by atoms with Crippen LogP contribution in [0.3, 0.4) is 0 Å². The van der Waals surface area contributed by atoms with E-state index in [9.17, 15) is 13.2 Å². The molecule has 4 N–H and O–H groups in total. The number of aromatic nitrogens is 2. The highest BCUT2D eigenvalue weighted by Gasteiger charge is 2.38. The maximum absolute atomic E-state index is 10.6. The zero-order chi connectivity index (χ0) is 28.0. The second-order valence-corrected chi connectivity index (χ2v) is 9.78. The van der Waals surface area contributed by atoms with Crippen LogP contribution in [0, 0.1) is 11.3 Å². The van der Waals surface area contributed by atoms with Gasteiger partial charge in [-0.25, -0.2) is 4.79 Å². The first kappa shape index (κ1) is 31.1. The van der Waals surface area contributed by atoms with Crippen LogP contribution in [-0.4, -0.2) is 51.3 Å². The second-order valence-electron chi connectivity index (χ2n) is 9.78. The molecule has 0 amide bonds. The van der Waals surface area contributed by atoms with Crippen LogP contribution in [0.2, 0.25) is 0 Å². The fourth-order valence-electron chi connectivity index (χ4n) is 4.44. The molecule has 11 heteroatoms. The number of rotatable bonds is 12. The minimum Gasteiger partial charge on any atom is -0.475 e. The van der Waals surface area contributed by atoms with E-state index in [0.717, 1.165) is 44.3 Å². The second kappa shape index (κ2) is 16.0. The molecule has 3 rings (SSSR count). The van der Waals surface area contributed by atoms with E-state index >= 15 is 0 Å². The number of carbonyl (C=O) groups is 1. The summed E-state index contributed by atoms with van der Waals surface area (Å²) in [5.74, 6) is -0.864. The van der Waals surface area contributed by atoms with Gasteiger partial charge in [0.25, 0.3) is 0 Å². The lowest BCUT2D eigenvalue weighted by Crippen LogP contribution is -2.43. The molecule has 0 radical (unpaired) electrons. The predicted octanol–water partition coefficient (Wildman–Crippen LogP) is 6.20. The van der Waals surface area contributed by atoms with Crippen LogP contribution in [-0.2, 0) is 17.6 Å². The van der Waals surface area contributed by atoms with E-state index in [-0.39, 0.29) is 5.96 Å². The normalized spacial score (nSPS) is 15.6. The molecule has 1 atom stereocenters. The van der Waals surface area contributed by atoms with Gasteiger partial charge in [-0.2, -0.15) is 18.2 Å². The number of likely N-dealkylation sites (tertiary alicyclic amines) is 1. The first-order valence-corrected chi connectivity index (χ1v) is 13.4. The predicted molar refractivity (Wildman–Crippen MR) is 140 cm³/mol. The molecule has 0 unspecified atom stereocenters. The molecule has 2 aromatic rings. The van der Waals surface area contributed by atoms with Gasteiger partial charge in [-0.1, -0.05) is 81.3 Å². The van der Waals surface area contributed by atoms with Gasteiger partial charge in [0.1, 0.15) is 0 Å². The van der Waals surface area contributed by atoms with Gasteiger partial charge in [0.15, 0.2) is 5.96 Å². The number of nitrogens with zero attached hydrogens (tertiary/aromatic N) is 3. The van der Waals surface area contributed by atoms with Crippen molar-refractivity contribution in [3.8, 4) is 11.4 Å². The van der Waals surface area contributed by atoms with Crippen molar-refractivity contribution in [1.82, 2.24) is 15.0 Å². The van der Waals surface area contributed by atoms with Crippen molar-refractivity contribution in [2.24, 2.45) is 11.7 Å². The van der Waals surface area contributed by atoms with E-state index in [4.69, 9.17) is 25.6 Å². The summed E-state index contributed by atoms with van der Waals surface area (Å²) in [6.45, 7) is 3.93. The van der Waals surface area contributed by atoms with Crippen molar-refractivity contribution < 1.29 is 27.6 Å². The largest absolute Gasteiger partial charge is 0.490 e. The number of alkyl halides is 3. The summed E-state index contributed by atoms with van der Waals surface area (Å²) in [6.07, 6.45) is 9.77. The average Bonchev–Trinajstić information content (AvgIpc) is 3.34. The van der Waals surface area contributed by atoms with E-state index in [1.807, 2.05) is 4.90 Å². The lowest BCUT2D eigenvalue weighted by Gasteiger charge is -2.32. The Morgan fingerprint density at radius 2 is 1.74 bits per heavy atom. The fraction of sp³-hybridized carbons (Fsp3) is 0.630. The van der Waals surface area contributed by atoms with Gasteiger partial charge in [0.05, 0.1) is 0 Å². The van der Waals surface area contributed by atoms with Crippen molar-refractivity contribution in [3.05, 3.63) is 35.7 Å². The maximum atomic E-state index is 10.6. The van der Waals surface area contributed by atoms with Crippen LogP contribution in [0.1, 0.15) is 82.6 Å². The summed E-state index contributed by atoms with van der Waals surface area (Å²) in [6, 6.07) is 8.59. The minimum atomic E-state index is -5.08. The molecule has 1 aliphatic rings. The van der Waals surface area contributed by atoms with Crippen LogP contribution >= 0.6 is 0 Å². The summed E-state index contributed by atoms with van der Waals surface area (Å²) in [5.41, 5.74) is 8.02. The SMILES string of the molecule is CCCCCCCCCCc1ccc(-c2noc(C[C@@H]3CCCN(C(=N)N)C3)n2)cc1.O=C(O)C(F)(F)F. The Balaban J connectivity index is 0.000000638. The Labute approximate surface area is 222 Å². The van der Waals surface area contributed by atoms with Gasteiger partial charge in [-0.05, 0) is 37.2 Å². The van der Waals surface area contributed by atoms with Crippen LogP contribution in [0.4, 0.5) is 13.2 Å². The van der Waals surface area contributed by atoms with E-state index in [1.54, 1.807) is 0 Å². The topological polar surface area (TPSA) is 129 Å². The number of benzene rings is 1. The Hall–Kier alpha value is -3.11. The number of guanidine groups is 1. The van der Waals surface area contributed by atoms with Crippen LogP contribution in [0.5, 0.6) is 0 Å². The zero-order valence-electron chi connectivity index (χ0n) is 22.1. The molecule has 0 aliphatic carbocycles. The smallest absolute Gasteiger partial charge is 0.475 e. The minimum absolute atomic E-state index is 0.156. The highest BCUT2D eigenvalue weighted by atomic mass is 19.4. The fourth-order valence-corrected chi connectivity index (χ4v) is 4.44. The Bertz CT molecular complexity index is 979. The van der Waals surface area contributed by atoms with Gasteiger partial charge < -0.3 is 20.3 Å². The molecule has 1 saturated heterocycles. The Kier molecular flexibility index (Phi) is 13.1. The summed E-state index contributed by atoms with van der Waals surface area (Å²) in [7, 11) is 0. The molecule has 8 nitrogen and oxygen atoms in total. The van der Waals surface area contributed by atoms with Crippen molar-refractivity contribution in [1.29, 1.82) is 5.41 Å². The molecular formula is C27H40F3N5O3. The van der Waals surface area contributed by atoms with E-state index in [2.05, 4.69) is 41.3 Å². The Morgan fingerprint density at radius 3 is 2.32 bits per heavy atom. The van der Waals surface area contributed by atoms with Gasteiger partial charge in [-0.3, -0.25) is 5.41 Å². The molecule has 0 spiro atoms. The highest BCUT2D eigenvalue weighted by Crippen LogP contribution is 2.23. The van der Waals surface area contributed by atoms with E-state index in [1.165, 1.54) is 56.9 Å². The summed E-state index contributed by atoms with van der Waals surface area (Å²) < 4.78 is 37.2. The van der Waals surface area contributed by atoms with E-state index < -0.39 is 12.1 Å². The molecule has 1 aromatic carbocycles. The number of piperidine rings is 1. The third-order valence-electron chi connectivity index (χ3n) is 6.56. The average molecular weight is 540 g/mol. The maximum Gasteiger partial charge on any atom is 0.490 e. The van der Waals surface area contributed by atoms with Crippen molar-refractivity contribution >= 4 is 11.9 Å². The number of nitrogens with one attached hydrogen (secondary N) is 1. The number of carboxylic acids is 1. The van der Waals surface area contributed by atoms with E-state index in [0.29, 0.717) is 17.6 Å². The van der Waals surface area contributed by atoms with Crippen molar-refractivity contribution in [3.63, 3.8) is 0 Å². The third-order valence-corrected chi connectivity index (χ3v) is 6.56. The molecule has 2 heterocycles. The summed E-state index contributed by atoms with van der Waals surface area (Å²) in [4.78, 5) is 15.4. The molecule has 0 saturated carbocycles. The first-order valence-electron chi connectivity index (χ1n) is 13.4.